The maximum absolute atomic E-state index is 8.66. The third kappa shape index (κ3) is 1.27. The van der Waals surface area contributed by atoms with Crippen LogP contribution in [0.15, 0.2) is 0 Å². The highest BCUT2D eigenvalue weighted by Gasteiger charge is 2.49. The Balaban J connectivity index is 1.91. The summed E-state index contributed by atoms with van der Waals surface area (Å²) < 4.78 is 5.64. The lowest BCUT2D eigenvalue weighted by Crippen LogP contribution is -2.30. The van der Waals surface area contributed by atoms with E-state index in [9.17, 15) is 0 Å². The summed E-state index contributed by atoms with van der Waals surface area (Å²) >= 11 is 0. The van der Waals surface area contributed by atoms with Gasteiger partial charge in [0.05, 0.1) is 19.3 Å². The highest BCUT2D eigenvalue weighted by Crippen LogP contribution is 2.54. The van der Waals surface area contributed by atoms with Crippen molar-refractivity contribution in [3.63, 3.8) is 0 Å². The van der Waals surface area contributed by atoms with Crippen LogP contribution in [-0.2, 0) is 4.74 Å². The molecular weight excluding hydrogens is 152 g/mol. The van der Waals surface area contributed by atoms with E-state index in [-0.39, 0.29) is 6.61 Å². The highest BCUT2D eigenvalue weighted by molar-refractivity contribution is 4.99. The molecule has 2 aliphatic rings. The molecule has 70 valence electrons. The van der Waals surface area contributed by atoms with Crippen LogP contribution >= 0.6 is 0 Å². The van der Waals surface area contributed by atoms with Crippen LogP contribution in [0.1, 0.15) is 32.6 Å². The molecule has 2 heteroatoms. The number of rotatable bonds is 3. The molecule has 3 unspecified atom stereocenters. The summed E-state index contributed by atoms with van der Waals surface area (Å²) in [7, 11) is 0. The Morgan fingerprint density at radius 2 is 2.42 bits per heavy atom. The SMILES string of the molecule is CC12CCC(CC1OCCO)C2. The zero-order valence-electron chi connectivity index (χ0n) is 7.75. The maximum Gasteiger partial charge on any atom is 0.0701 e. The highest BCUT2D eigenvalue weighted by atomic mass is 16.5. The average molecular weight is 170 g/mol. The minimum Gasteiger partial charge on any atom is -0.394 e. The van der Waals surface area contributed by atoms with Crippen molar-refractivity contribution in [3.8, 4) is 0 Å². The normalized spacial score (nSPS) is 45.5. The Hall–Kier alpha value is -0.0800. The quantitative estimate of drug-likeness (QED) is 0.696. The van der Waals surface area contributed by atoms with E-state index in [0.717, 1.165) is 5.92 Å². The second-order valence-corrected chi connectivity index (χ2v) is 4.58. The third-order valence-electron chi connectivity index (χ3n) is 3.61. The summed E-state index contributed by atoms with van der Waals surface area (Å²) in [4.78, 5) is 0. The van der Waals surface area contributed by atoms with Gasteiger partial charge in [0.1, 0.15) is 0 Å². The molecule has 0 aromatic heterocycles. The molecule has 0 aromatic rings. The Labute approximate surface area is 73.9 Å². The number of aliphatic hydroxyl groups excluding tert-OH is 1. The van der Waals surface area contributed by atoms with Crippen LogP contribution in [0.4, 0.5) is 0 Å². The second-order valence-electron chi connectivity index (χ2n) is 4.58. The van der Waals surface area contributed by atoms with E-state index < -0.39 is 0 Å². The summed E-state index contributed by atoms with van der Waals surface area (Å²) in [5.74, 6) is 0.915. The van der Waals surface area contributed by atoms with Gasteiger partial charge in [0.25, 0.3) is 0 Å². The Morgan fingerprint density at radius 1 is 1.58 bits per heavy atom. The minimum absolute atomic E-state index is 0.164. The lowest BCUT2D eigenvalue weighted by atomic mass is 9.84. The fraction of sp³-hybridized carbons (Fsp3) is 1.00. The Bertz CT molecular complexity index is 169. The lowest BCUT2D eigenvalue weighted by molar-refractivity contribution is -0.0358. The first-order valence-corrected chi connectivity index (χ1v) is 4.97. The number of hydrogen-bond donors (Lipinski definition) is 1. The molecule has 2 rings (SSSR count). The van der Waals surface area contributed by atoms with Crippen LogP contribution in [0.5, 0.6) is 0 Å². The summed E-state index contributed by atoms with van der Waals surface area (Å²) in [6.45, 7) is 3.02. The predicted molar refractivity (Wildman–Crippen MR) is 46.9 cm³/mol. The molecule has 2 fully saturated rings. The summed E-state index contributed by atoms with van der Waals surface area (Å²) in [6.07, 6.45) is 5.74. The van der Waals surface area contributed by atoms with Crippen molar-refractivity contribution in [2.24, 2.45) is 11.3 Å². The van der Waals surface area contributed by atoms with E-state index in [2.05, 4.69) is 6.92 Å². The van der Waals surface area contributed by atoms with Gasteiger partial charge in [-0.3, -0.25) is 0 Å². The van der Waals surface area contributed by atoms with Gasteiger partial charge in [-0.1, -0.05) is 6.92 Å². The molecule has 0 saturated heterocycles. The van der Waals surface area contributed by atoms with Crippen LogP contribution in [0, 0.1) is 11.3 Å². The predicted octanol–water partition coefficient (Wildman–Crippen LogP) is 1.57. The summed E-state index contributed by atoms with van der Waals surface area (Å²) in [5.41, 5.74) is 0.444. The van der Waals surface area contributed by atoms with Gasteiger partial charge in [-0.25, -0.2) is 0 Å². The van der Waals surface area contributed by atoms with Gasteiger partial charge in [0, 0.05) is 0 Å². The molecule has 0 spiro atoms. The number of aliphatic hydroxyl groups is 1. The largest absolute Gasteiger partial charge is 0.394 e. The smallest absolute Gasteiger partial charge is 0.0701 e. The van der Waals surface area contributed by atoms with Crippen LogP contribution < -0.4 is 0 Å². The van der Waals surface area contributed by atoms with Gasteiger partial charge in [-0.2, -0.15) is 0 Å². The van der Waals surface area contributed by atoms with Gasteiger partial charge in [-0.15, -0.1) is 0 Å². The third-order valence-corrected chi connectivity index (χ3v) is 3.61. The fourth-order valence-electron chi connectivity index (χ4n) is 2.94. The molecule has 12 heavy (non-hydrogen) atoms. The van der Waals surface area contributed by atoms with E-state index in [1.165, 1.54) is 25.7 Å². The van der Waals surface area contributed by atoms with E-state index in [1.807, 2.05) is 0 Å². The maximum atomic E-state index is 8.66. The van der Waals surface area contributed by atoms with Crippen LogP contribution in [0.2, 0.25) is 0 Å². The van der Waals surface area contributed by atoms with Crippen molar-refractivity contribution < 1.29 is 9.84 Å². The molecule has 0 aromatic carbocycles. The topological polar surface area (TPSA) is 29.5 Å². The zero-order chi connectivity index (χ0) is 8.60. The van der Waals surface area contributed by atoms with Crippen LogP contribution in [-0.4, -0.2) is 24.4 Å². The van der Waals surface area contributed by atoms with E-state index in [0.29, 0.717) is 18.1 Å². The molecule has 0 heterocycles. The lowest BCUT2D eigenvalue weighted by Gasteiger charge is -2.31. The molecule has 2 saturated carbocycles. The van der Waals surface area contributed by atoms with Gasteiger partial charge in [0.15, 0.2) is 0 Å². The molecule has 2 bridgehead atoms. The molecule has 0 amide bonds. The molecule has 2 nitrogen and oxygen atoms in total. The van der Waals surface area contributed by atoms with Crippen LogP contribution in [0.3, 0.4) is 0 Å². The van der Waals surface area contributed by atoms with Crippen LogP contribution in [0.25, 0.3) is 0 Å². The number of fused-ring (bicyclic) bond motifs is 2. The molecule has 3 atom stereocenters. The molecular formula is C10H18O2. The van der Waals surface area contributed by atoms with Crippen molar-refractivity contribution >= 4 is 0 Å². The summed E-state index contributed by atoms with van der Waals surface area (Å²) in [6, 6.07) is 0. The first kappa shape index (κ1) is 8.52. The van der Waals surface area contributed by atoms with E-state index in [1.54, 1.807) is 0 Å². The second kappa shape index (κ2) is 3.00. The number of hydrogen-bond acceptors (Lipinski definition) is 2. The summed E-state index contributed by atoms with van der Waals surface area (Å²) in [5, 5.41) is 8.66. The van der Waals surface area contributed by atoms with Crippen molar-refractivity contribution in [2.75, 3.05) is 13.2 Å². The fourth-order valence-corrected chi connectivity index (χ4v) is 2.94. The van der Waals surface area contributed by atoms with Crippen molar-refractivity contribution in [1.29, 1.82) is 0 Å². The van der Waals surface area contributed by atoms with Crippen molar-refractivity contribution in [1.82, 2.24) is 0 Å². The molecule has 1 N–H and O–H groups in total. The minimum atomic E-state index is 0.164. The van der Waals surface area contributed by atoms with E-state index >= 15 is 0 Å². The van der Waals surface area contributed by atoms with Gasteiger partial charge in [-0.05, 0) is 37.0 Å². The average Bonchev–Trinajstić information content (AvgIpc) is 2.55. The Morgan fingerprint density at radius 3 is 2.92 bits per heavy atom. The Kier molecular flexibility index (Phi) is 2.13. The first-order chi connectivity index (χ1) is 5.74. The standard InChI is InChI=1S/C10H18O2/c1-10-3-2-8(7-10)6-9(10)12-5-4-11/h8-9,11H,2-7H2,1H3. The van der Waals surface area contributed by atoms with Gasteiger partial charge < -0.3 is 9.84 Å². The first-order valence-electron chi connectivity index (χ1n) is 4.97. The monoisotopic (exact) mass is 170 g/mol. The van der Waals surface area contributed by atoms with Gasteiger partial charge >= 0.3 is 0 Å². The molecule has 2 aliphatic carbocycles. The van der Waals surface area contributed by atoms with Crippen molar-refractivity contribution in [2.45, 2.75) is 38.7 Å². The molecule has 0 aliphatic heterocycles. The van der Waals surface area contributed by atoms with E-state index in [4.69, 9.17) is 9.84 Å². The zero-order valence-corrected chi connectivity index (χ0v) is 7.75. The molecule has 0 radical (unpaired) electrons. The van der Waals surface area contributed by atoms with Gasteiger partial charge in [0.2, 0.25) is 0 Å². The number of ether oxygens (including phenoxy) is 1. The van der Waals surface area contributed by atoms with Crippen molar-refractivity contribution in [3.05, 3.63) is 0 Å².